The molecule has 0 spiro atoms. The van der Waals surface area contributed by atoms with Gasteiger partial charge in [-0.15, -0.1) is 0 Å². The Bertz CT molecular complexity index is 1230. The average molecular weight is 584 g/mol. The van der Waals surface area contributed by atoms with Crippen LogP contribution in [0.25, 0.3) is 0 Å². The van der Waals surface area contributed by atoms with Gasteiger partial charge in [0.25, 0.3) is 0 Å². The number of halogens is 5. The lowest BCUT2D eigenvalue weighted by Crippen LogP contribution is -2.45. The van der Waals surface area contributed by atoms with E-state index in [1.165, 1.54) is 0 Å². The van der Waals surface area contributed by atoms with Crippen molar-refractivity contribution in [1.82, 2.24) is 19.8 Å². The van der Waals surface area contributed by atoms with E-state index < -0.39 is 11.7 Å². The number of alkyl halides is 3. The lowest BCUT2D eigenvalue weighted by atomic mass is 9.89. The van der Waals surface area contributed by atoms with Gasteiger partial charge in [-0.3, -0.25) is 9.59 Å². The topological polar surface area (TPSA) is 78.4 Å². The van der Waals surface area contributed by atoms with Crippen molar-refractivity contribution in [2.45, 2.75) is 44.7 Å². The van der Waals surface area contributed by atoms with Crippen LogP contribution < -0.4 is 5.32 Å². The van der Waals surface area contributed by atoms with E-state index in [0.717, 1.165) is 30.8 Å². The molecule has 1 aromatic heterocycles. The number of benzene rings is 1. The molecule has 2 amide bonds. The van der Waals surface area contributed by atoms with Gasteiger partial charge in [-0.25, -0.2) is 9.97 Å². The summed E-state index contributed by atoms with van der Waals surface area (Å²) in [6.07, 6.45) is 0.119. The first-order valence-corrected chi connectivity index (χ1v) is 13.9. The number of amides is 2. The van der Waals surface area contributed by atoms with Crippen LogP contribution in [-0.4, -0.2) is 64.3 Å². The maximum Gasteiger partial charge on any atom is 0.419 e. The minimum Gasteiger partial charge on any atom is -0.354 e. The van der Waals surface area contributed by atoms with Crippen LogP contribution in [0.2, 0.25) is 10.0 Å². The lowest BCUT2D eigenvalue weighted by molar-refractivity contribution is -0.142. The summed E-state index contributed by atoms with van der Waals surface area (Å²) >= 11 is 12.4. The minimum atomic E-state index is -4.51. The van der Waals surface area contributed by atoms with Gasteiger partial charge in [0.2, 0.25) is 17.8 Å². The summed E-state index contributed by atoms with van der Waals surface area (Å²) in [6, 6.07) is 5.41. The Kier molecular flexibility index (Phi) is 7.72. The van der Waals surface area contributed by atoms with E-state index in [4.69, 9.17) is 23.2 Å². The van der Waals surface area contributed by atoms with Crippen molar-refractivity contribution >= 4 is 41.0 Å². The van der Waals surface area contributed by atoms with Gasteiger partial charge in [0.15, 0.2) is 0 Å². The molecule has 1 saturated carbocycles. The van der Waals surface area contributed by atoms with Crippen molar-refractivity contribution in [3.05, 3.63) is 51.8 Å². The van der Waals surface area contributed by atoms with Crippen molar-refractivity contribution in [3.8, 4) is 0 Å². The second-order valence-electron chi connectivity index (χ2n) is 11.1. The first kappa shape index (κ1) is 28.0. The molecule has 210 valence electrons. The Hall–Kier alpha value is -2.59. The molecule has 2 aliphatic heterocycles. The standard InChI is InChI=1S/C27H30Cl2F3N5O2/c1-26(6-7-26)24(39)36-8-4-16(5-9-36)23(38)37-14-18(20(15-37)17-2-3-21(28)22(29)10-17)11-33-25-34-12-19(13-35-25)27(30,31)32/h2-3,10,12-13,16,18,20H,4-9,11,14-15H2,1H3,(H,33,34,35)/t18-,20-/m1/s1. The van der Waals surface area contributed by atoms with Crippen LogP contribution in [0.4, 0.5) is 19.1 Å². The van der Waals surface area contributed by atoms with Crippen LogP contribution in [0.3, 0.4) is 0 Å². The van der Waals surface area contributed by atoms with Crippen LogP contribution in [0.1, 0.15) is 49.7 Å². The molecule has 2 saturated heterocycles. The summed E-state index contributed by atoms with van der Waals surface area (Å²) in [5, 5.41) is 3.88. The number of nitrogens with one attached hydrogen (secondary N) is 1. The third-order valence-corrected chi connectivity index (χ3v) is 9.01. The molecule has 2 aromatic rings. The smallest absolute Gasteiger partial charge is 0.354 e. The van der Waals surface area contributed by atoms with Crippen molar-refractivity contribution in [2.75, 3.05) is 38.0 Å². The Labute approximate surface area is 235 Å². The lowest BCUT2D eigenvalue weighted by Gasteiger charge is -2.34. The number of aromatic nitrogens is 2. The number of carbonyl (C=O) groups is 2. The maximum absolute atomic E-state index is 13.6. The van der Waals surface area contributed by atoms with Gasteiger partial charge < -0.3 is 15.1 Å². The normalized spacial score (nSPS) is 23.1. The molecule has 3 fully saturated rings. The van der Waals surface area contributed by atoms with E-state index in [1.807, 2.05) is 22.8 Å². The highest BCUT2D eigenvalue weighted by Gasteiger charge is 2.48. The summed E-state index contributed by atoms with van der Waals surface area (Å²) in [5.74, 6) is 0.0715. The second-order valence-corrected chi connectivity index (χ2v) is 11.9. The largest absolute Gasteiger partial charge is 0.419 e. The van der Waals surface area contributed by atoms with Gasteiger partial charge in [-0.1, -0.05) is 36.2 Å². The predicted molar refractivity (Wildman–Crippen MR) is 141 cm³/mol. The first-order valence-electron chi connectivity index (χ1n) is 13.1. The van der Waals surface area contributed by atoms with E-state index in [0.29, 0.717) is 55.6 Å². The van der Waals surface area contributed by atoms with Gasteiger partial charge in [0, 0.05) is 68.3 Å². The van der Waals surface area contributed by atoms with Crippen LogP contribution in [0.15, 0.2) is 30.6 Å². The molecule has 1 aliphatic carbocycles. The molecule has 1 N–H and O–H groups in total. The average Bonchev–Trinajstić information content (AvgIpc) is 3.53. The molecule has 39 heavy (non-hydrogen) atoms. The summed E-state index contributed by atoms with van der Waals surface area (Å²) in [5.41, 5.74) is -0.202. The van der Waals surface area contributed by atoms with Crippen LogP contribution in [-0.2, 0) is 15.8 Å². The SMILES string of the molecule is CC1(C(=O)N2CCC(C(=O)N3C[C@@H](CNc4ncc(C(F)(F)F)cn4)[C@@H](c4ccc(Cl)c(Cl)c4)C3)CC2)CC1. The number of rotatable bonds is 6. The third-order valence-electron chi connectivity index (χ3n) is 8.27. The minimum absolute atomic E-state index is 0.0615. The number of piperidine rings is 1. The van der Waals surface area contributed by atoms with Gasteiger partial charge in [0.05, 0.1) is 15.6 Å². The molecule has 12 heteroatoms. The molecule has 1 aromatic carbocycles. The van der Waals surface area contributed by atoms with Crippen molar-refractivity contribution in [1.29, 1.82) is 0 Å². The third kappa shape index (κ3) is 6.11. The van der Waals surface area contributed by atoms with Crippen LogP contribution >= 0.6 is 23.2 Å². The van der Waals surface area contributed by atoms with Gasteiger partial charge in [-0.2, -0.15) is 13.2 Å². The zero-order chi connectivity index (χ0) is 27.9. The molecule has 0 unspecified atom stereocenters. The van der Waals surface area contributed by atoms with E-state index in [-0.39, 0.29) is 40.9 Å². The van der Waals surface area contributed by atoms with Gasteiger partial charge >= 0.3 is 6.18 Å². The van der Waals surface area contributed by atoms with E-state index in [2.05, 4.69) is 15.3 Å². The van der Waals surface area contributed by atoms with Crippen LogP contribution in [0.5, 0.6) is 0 Å². The van der Waals surface area contributed by atoms with Crippen molar-refractivity contribution in [3.63, 3.8) is 0 Å². The van der Waals surface area contributed by atoms with Crippen LogP contribution in [0, 0.1) is 17.3 Å². The molecular weight excluding hydrogens is 554 g/mol. The summed E-state index contributed by atoms with van der Waals surface area (Å²) in [4.78, 5) is 37.6. The van der Waals surface area contributed by atoms with E-state index >= 15 is 0 Å². The fraction of sp³-hybridized carbons (Fsp3) is 0.556. The first-order chi connectivity index (χ1) is 18.4. The summed E-state index contributed by atoms with van der Waals surface area (Å²) in [7, 11) is 0. The Morgan fingerprint density at radius 2 is 1.72 bits per heavy atom. The van der Waals surface area contributed by atoms with E-state index in [9.17, 15) is 22.8 Å². The molecule has 7 nitrogen and oxygen atoms in total. The summed E-state index contributed by atoms with van der Waals surface area (Å²) in [6.45, 7) is 4.48. The zero-order valence-electron chi connectivity index (χ0n) is 21.5. The molecule has 3 heterocycles. The Morgan fingerprint density at radius 1 is 1.05 bits per heavy atom. The van der Waals surface area contributed by atoms with E-state index in [1.54, 1.807) is 12.1 Å². The Balaban J connectivity index is 1.26. The highest BCUT2D eigenvalue weighted by Crippen LogP contribution is 2.47. The number of hydrogen-bond acceptors (Lipinski definition) is 5. The number of hydrogen-bond donors (Lipinski definition) is 1. The number of likely N-dealkylation sites (tertiary alicyclic amines) is 2. The molecule has 3 aliphatic rings. The van der Waals surface area contributed by atoms with Gasteiger partial charge in [0.1, 0.15) is 0 Å². The fourth-order valence-corrected chi connectivity index (χ4v) is 5.84. The highest BCUT2D eigenvalue weighted by atomic mass is 35.5. The fourth-order valence-electron chi connectivity index (χ4n) is 5.54. The molecular formula is C27H30Cl2F3N5O2. The molecule has 5 rings (SSSR count). The van der Waals surface area contributed by atoms with Gasteiger partial charge in [-0.05, 0) is 43.4 Å². The number of nitrogens with zero attached hydrogens (tertiary/aromatic N) is 4. The van der Waals surface area contributed by atoms with Crippen molar-refractivity contribution in [2.24, 2.45) is 17.3 Å². The molecule has 0 radical (unpaired) electrons. The molecule has 0 bridgehead atoms. The maximum atomic E-state index is 13.6. The quantitative estimate of drug-likeness (QED) is 0.486. The number of anilines is 1. The molecule has 2 atom stereocenters. The van der Waals surface area contributed by atoms with Crippen molar-refractivity contribution < 1.29 is 22.8 Å². The highest BCUT2D eigenvalue weighted by molar-refractivity contribution is 6.42. The summed E-state index contributed by atoms with van der Waals surface area (Å²) < 4.78 is 38.6. The monoisotopic (exact) mass is 583 g/mol. The predicted octanol–water partition coefficient (Wildman–Crippen LogP) is 5.50. The zero-order valence-corrected chi connectivity index (χ0v) is 23.0. The number of carbonyl (C=O) groups excluding carboxylic acids is 2. The second kappa shape index (κ2) is 10.8. The Morgan fingerprint density at radius 3 is 2.31 bits per heavy atom.